The van der Waals surface area contributed by atoms with Crippen LogP contribution in [0.4, 0.5) is 5.69 Å². The van der Waals surface area contributed by atoms with E-state index in [0.29, 0.717) is 11.6 Å². The molecule has 0 aliphatic heterocycles. The molecule has 2 amide bonds. The lowest BCUT2D eigenvalue weighted by Gasteiger charge is -2.32. The molecule has 1 atom stereocenters. The smallest absolute Gasteiger partial charge is 0.264 e. The van der Waals surface area contributed by atoms with Crippen molar-refractivity contribution in [3.63, 3.8) is 0 Å². The Bertz CT molecular complexity index is 1380. The third-order valence-corrected chi connectivity index (χ3v) is 8.28. The number of sulfonamides is 1. The first-order chi connectivity index (χ1) is 17.9. The first-order valence-corrected chi connectivity index (χ1v) is 14.4. The number of rotatable bonds is 10. The maximum atomic E-state index is 13.8. The molecule has 1 N–H and O–H groups in total. The maximum absolute atomic E-state index is 13.8. The number of hydrogen-bond acceptors (Lipinski definition) is 4. The molecule has 0 saturated heterocycles. The van der Waals surface area contributed by atoms with Gasteiger partial charge in [-0.25, -0.2) is 8.42 Å². The van der Waals surface area contributed by atoms with E-state index in [1.807, 2.05) is 6.92 Å². The molecule has 1 unspecified atom stereocenters. The molecule has 0 bridgehead atoms. The van der Waals surface area contributed by atoms with Crippen LogP contribution in [0, 0.1) is 6.92 Å². The number of anilines is 1. The zero-order valence-electron chi connectivity index (χ0n) is 21.1. The van der Waals surface area contributed by atoms with Crippen LogP contribution in [0.3, 0.4) is 0 Å². The zero-order chi connectivity index (χ0) is 28.0. The number of amides is 2. The highest BCUT2D eigenvalue weighted by molar-refractivity contribution is 7.92. The van der Waals surface area contributed by atoms with Crippen molar-refractivity contribution in [3.05, 3.63) is 92.9 Å². The van der Waals surface area contributed by atoms with Crippen LogP contribution >= 0.6 is 34.8 Å². The van der Waals surface area contributed by atoms with Crippen molar-refractivity contribution >= 4 is 62.3 Å². The van der Waals surface area contributed by atoms with Gasteiger partial charge < -0.3 is 10.2 Å². The quantitative estimate of drug-likeness (QED) is 0.325. The van der Waals surface area contributed by atoms with Crippen molar-refractivity contribution in [2.24, 2.45) is 0 Å². The second-order valence-electron chi connectivity index (χ2n) is 8.67. The van der Waals surface area contributed by atoms with Gasteiger partial charge in [0, 0.05) is 28.2 Å². The van der Waals surface area contributed by atoms with Gasteiger partial charge in [-0.15, -0.1) is 0 Å². The Kier molecular flexibility index (Phi) is 10.1. The summed E-state index contributed by atoms with van der Waals surface area (Å²) in [6.45, 7) is 5.04. The lowest BCUT2D eigenvalue weighted by Crippen LogP contribution is -2.51. The molecule has 3 aromatic rings. The van der Waals surface area contributed by atoms with E-state index in [-0.39, 0.29) is 33.1 Å². The van der Waals surface area contributed by atoms with Crippen LogP contribution in [0.2, 0.25) is 15.1 Å². The number of benzene rings is 3. The predicted molar refractivity (Wildman–Crippen MR) is 152 cm³/mol. The van der Waals surface area contributed by atoms with Crippen LogP contribution in [0.1, 0.15) is 25.0 Å². The molecule has 0 saturated carbocycles. The van der Waals surface area contributed by atoms with Crippen molar-refractivity contribution in [1.82, 2.24) is 10.2 Å². The minimum Gasteiger partial charge on any atom is -0.355 e. The third-order valence-electron chi connectivity index (χ3n) is 5.81. The van der Waals surface area contributed by atoms with E-state index < -0.39 is 28.5 Å². The number of nitrogens with zero attached hydrogens (tertiary/aromatic N) is 2. The Morgan fingerprint density at radius 2 is 1.47 bits per heavy atom. The number of nitrogens with one attached hydrogen (secondary N) is 1. The van der Waals surface area contributed by atoms with E-state index >= 15 is 0 Å². The second kappa shape index (κ2) is 12.8. The minimum atomic E-state index is -4.22. The number of hydrogen-bond donors (Lipinski definition) is 1. The number of halogens is 3. The average molecular weight is 597 g/mol. The second-order valence-corrected chi connectivity index (χ2v) is 11.8. The van der Waals surface area contributed by atoms with E-state index in [0.717, 1.165) is 15.4 Å². The van der Waals surface area contributed by atoms with Crippen molar-refractivity contribution in [3.8, 4) is 0 Å². The molecule has 7 nitrogen and oxygen atoms in total. The molecule has 3 rings (SSSR count). The molecule has 0 aliphatic carbocycles. The van der Waals surface area contributed by atoms with E-state index in [1.165, 1.54) is 35.2 Å². The van der Waals surface area contributed by atoms with E-state index in [9.17, 15) is 18.0 Å². The number of carbonyl (C=O) groups is 2. The molecule has 38 heavy (non-hydrogen) atoms. The fourth-order valence-corrected chi connectivity index (χ4v) is 5.78. The minimum absolute atomic E-state index is 0.00646. The average Bonchev–Trinajstić information content (AvgIpc) is 2.86. The van der Waals surface area contributed by atoms with E-state index in [4.69, 9.17) is 34.8 Å². The summed E-state index contributed by atoms with van der Waals surface area (Å²) < 4.78 is 28.6. The summed E-state index contributed by atoms with van der Waals surface area (Å²) in [4.78, 5) is 27.9. The first kappa shape index (κ1) is 29.8. The summed E-state index contributed by atoms with van der Waals surface area (Å²) in [5.41, 5.74) is 1.72. The fourth-order valence-electron chi connectivity index (χ4n) is 3.74. The molecule has 3 aromatic carbocycles. The Hall–Kier alpha value is -2.78. The van der Waals surface area contributed by atoms with Gasteiger partial charge in [0.2, 0.25) is 11.8 Å². The number of carbonyl (C=O) groups excluding carboxylic acids is 2. The van der Waals surface area contributed by atoms with Gasteiger partial charge in [0.15, 0.2) is 0 Å². The van der Waals surface area contributed by atoms with Crippen molar-refractivity contribution in [2.45, 2.75) is 38.3 Å². The Morgan fingerprint density at radius 1 is 0.895 bits per heavy atom. The molecular weight excluding hydrogens is 569 g/mol. The molecule has 202 valence electrons. The SMILES string of the molecule is CCNC(=O)C(C)N(Cc1ccc(Cl)cc1)C(=O)CN(c1cc(Cl)cc(Cl)c1)S(=O)(=O)c1ccc(C)cc1. The van der Waals surface area contributed by atoms with E-state index in [2.05, 4.69) is 5.32 Å². The van der Waals surface area contributed by atoms with Gasteiger partial charge in [-0.05, 0) is 68.8 Å². The zero-order valence-corrected chi connectivity index (χ0v) is 24.2. The molecule has 0 aromatic heterocycles. The Morgan fingerprint density at radius 3 is 2.03 bits per heavy atom. The van der Waals surface area contributed by atoms with E-state index in [1.54, 1.807) is 50.2 Å². The van der Waals surface area contributed by atoms with Crippen molar-refractivity contribution in [1.29, 1.82) is 0 Å². The summed E-state index contributed by atoms with van der Waals surface area (Å²) in [7, 11) is -4.22. The van der Waals surface area contributed by atoms with Gasteiger partial charge in [-0.1, -0.05) is 64.6 Å². The Balaban J connectivity index is 2.06. The molecule has 11 heteroatoms. The van der Waals surface area contributed by atoms with Crippen LogP contribution in [-0.4, -0.2) is 44.3 Å². The fraction of sp³-hybridized carbons (Fsp3) is 0.259. The summed E-state index contributed by atoms with van der Waals surface area (Å²) in [5.74, 6) is -0.959. The molecule has 0 spiro atoms. The molecule has 0 aliphatic rings. The number of aryl methyl sites for hydroxylation is 1. The van der Waals surface area contributed by atoms with Crippen molar-refractivity contribution < 1.29 is 18.0 Å². The number of likely N-dealkylation sites (N-methyl/N-ethyl adjacent to an activating group) is 1. The Labute approximate surface area is 238 Å². The van der Waals surface area contributed by atoms with Gasteiger partial charge >= 0.3 is 0 Å². The van der Waals surface area contributed by atoms with Crippen molar-refractivity contribution in [2.75, 3.05) is 17.4 Å². The van der Waals surface area contributed by atoms with Gasteiger partial charge in [0.05, 0.1) is 10.6 Å². The largest absolute Gasteiger partial charge is 0.355 e. The highest BCUT2D eigenvalue weighted by Gasteiger charge is 2.32. The topological polar surface area (TPSA) is 86.8 Å². The monoisotopic (exact) mass is 595 g/mol. The van der Waals surface area contributed by atoms with Gasteiger partial charge in [0.25, 0.3) is 10.0 Å². The lowest BCUT2D eigenvalue weighted by atomic mass is 10.1. The van der Waals surface area contributed by atoms with Crippen LogP contribution in [0.25, 0.3) is 0 Å². The van der Waals surface area contributed by atoms with Crippen LogP contribution in [0.15, 0.2) is 71.6 Å². The lowest BCUT2D eigenvalue weighted by molar-refractivity contribution is -0.139. The summed E-state index contributed by atoms with van der Waals surface area (Å²) in [6.07, 6.45) is 0. The van der Waals surface area contributed by atoms with Gasteiger partial charge in [-0.2, -0.15) is 0 Å². The van der Waals surface area contributed by atoms with Crippen LogP contribution in [-0.2, 0) is 26.2 Å². The molecule has 0 radical (unpaired) electrons. The summed E-state index contributed by atoms with van der Waals surface area (Å²) in [6, 6.07) is 16.5. The normalized spacial score (nSPS) is 12.1. The highest BCUT2D eigenvalue weighted by atomic mass is 35.5. The summed E-state index contributed by atoms with van der Waals surface area (Å²) in [5, 5.41) is 3.65. The third kappa shape index (κ3) is 7.41. The summed E-state index contributed by atoms with van der Waals surface area (Å²) >= 11 is 18.4. The standard InChI is InChI=1S/C27H28Cl3N3O4S/c1-4-31-27(35)19(3)32(16-20-7-9-21(28)10-8-20)26(34)17-33(24-14-22(29)13-23(30)15-24)38(36,37)25-11-5-18(2)6-12-25/h5-15,19H,4,16-17H2,1-3H3,(H,31,35). The molecule has 0 fully saturated rings. The maximum Gasteiger partial charge on any atom is 0.264 e. The van der Waals surface area contributed by atoms with Gasteiger partial charge in [0.1, 0.15) is 12.6 Å². The molecule has 0 heterocycles. The highest BCUT2D eigenvalue weighted by Crippen LogP contribution is 2.30. The van der Waals surface area contributed by atoms with Crippen LogP contribution < -0.4 is 9.62 Å². The predicted octanol–water partition coefficient (Wildman–Crippen LogP) is 5.70. The first-order valence-electron chi connectivity index (χ1n) is 11.8. The molecular formula is C27H28Cl3N3O4S. The van der Waals surface area contributed by atoms with Gasteiger partial charge in [-0.3, -0.25) is 13.9 Å². The van der Waals surface area contributed by atoms with Crippen LogP contribution in [0.5, 0.6) is 0 Å².